The fourth-order valence-corrected chi connectivity index (χ4v) is 10.2. The van der Waals surface area contributed by atoms with Gasteiger partial charge in [0.25, 0.3) is 0 Å². The first-order valence-electron chi connectivity index (χ1n) is 32.3. The number of carbonyl (C=O) groups is 3. The van der Waals surface area contributed by atoms with E-state index < -0.39 is 34.8 Å². The fraction of sp³-hybridized carbons (Fsp3) is 0.360. The number of benzene rings is 6. The molecule has 488 valence electrons. The smallest absolute Gasteiger partial charge is 0.343 e. The highest BCUT2D eigenvalue weighted by Crippen LogP contribution is 2.26. The van der Waals surface area contributed by atoms with Crippen molar-refractivity contribution in [3.8, 4) is 34.5 Å². The largest absolute Gasteiger partial charge is 0.494 e. The van der Waals surface area contributed by atoms with Crippen LogP contribution in [0.1, 0.15) is 147 Å². The van der Waals surface area contributed by atoms with Gasteiger partial charge < -0.3 is 55.9 Å². The van der Waals surface area contributed by atoms with E-state index >= 15 is 0 Å². The van der Waals surface area contributed by atoms with Gasteiger partial charge in [0.05, 0.1) is 49.7 Å². The van der Waals surface area contributed by atoms with Gasteiger partial charge in [0.2, 0.25) is 0 Å². The molecule has 6 aromatic carbocycles. The minimum absolute atomic E-state index is 0.142. The standard InChI is InChI=1S/C75H80O18/c76-70-40-28-54-19-37-63(49-67(54)91-70)88-73(79)57-22-31-60(32-23-57)84-45-15-9-3-1-7-13-43-82-52-66(87-48-18-12-6-5-11-17-47-86-62-35-26-59(27-36-62)75(81)90-65-39-21-56-30-42-72(78)93-69(56)51-65)53-83-44-14-8-2-4-10-16-46-85-61-33-24-58(25-34-61)74(80)89-64-38-20-55-29-41-71(77)92-68(55)50-64/h19-42,49-51,66H,1-18,43-48,52-53H2. The van der Waals surface area contributed by atoms with E-state index in [2.05, 4.69) is 0 Å². The van der Waals surface area contributed by atoms with Crippen LogP contribution in [0.2, 0.25) is 0 Å². The Kier molecular flexibility index (Phi) is 27.2. The number of esters is 3. The number of ether oxygens (including phenoxy) is 9. The minimum Gasteiger partial charge on any atom is -0.494 e. The molecule has 0 aliphatic carbocycles. The summed E-state index contributed by atoms with van der Waals surface area (Å²) in [5.41, 5.74) is 0.742. The van der Waals surface area contributed by atoms with Crippen LogP contribution >= 0.6 is 0 Å². The summed E-state index contributed by atoms with van der Waals surface area (Å²) in [6, 6.07) is 44.3. The normalized spacial score (nSPS) is 11.3. The van der Waals surface area contributed by atoms with Crippen LogP contribution < -0.4 is 45.3 Å². The van der Waals surface area contributed by atoms with Crippen LogP contribution in [-0.2, 0) is 14.2 Å². The SMILES string of the molecule is O=C(Oc1ccc2ccc(=O)oc2c1)c1ccc(OCCCCCCCCOCC(COCCCCCCCCOc2ccc(C(=O)Oc3ccc4ccc(=O)oc4c3)cc2)OCCCCCCCCOc2ccc(C(=O)Oc3ccc4ccc(=O)oc4c3)cc2)cc1. The summed E-state index contributed by atoms with van der Waals surface area (Å²) >= 11 is 0. The average molecular weight is 1270 g/mol. The Hall–Kier alpha value is -9.36. The number of carbonyl (C=O) groups excluding carboxylic acids is 3. The Balaban J connectivity index is 0.601. The van der Waals surface area contributed by atoms with Gasteiger partial charge in [-0.15, -0.1) is 0 Å². The van der Waals surface area contributed by atoms with E-state index in [1.165, 1.54) is 36.4 Å². The molecule has 0 saturated heterocycles. The molecule has 0 radical (unpaired) electrons. The van der Waals surface area contributed by atoms with E-state index in [0.29, 0.717) is 104 Å². The van der Waals surface area contributed by atoms with Crippen LogP contribution in [0.3, 0.4) is 0 Å². The topological polar surface area (TPSA) is 225 Å². The van der Waals surface area contributed by atoms with Crippen LogP contribution in [0.15, 0.2) is 191 Å². The molecule has 0 atom stereocenters. The highest BCUT2D eigenvalue weighted by molar-refractivity contribution is 5.93. The van der Waals surface area contributed by atoms with Gasteiger partial charge in [-0.2, -0.15) is 0 Å². The van der Waals surface area contributed by atoms with E-state index in [0.717, 1.165) is 132 Å². The lowest BCUT2D eigenvalue weighted by molar-refractivity contribution is -0.0616. The summed E-state index contributed by atoms with van der Waals surface area (Å²) in [6.45, 7) is 4.68. The zero-order valence-corrected chi connectivity index (χ0v) is 52.4. The molecular formula is C75H80O18. The molecule has 9 aromatic rings. The van der Waals surface area contributed by atoms with Crippen LogP contribution in [0.25, 0.3) is 32.9 Å². The van der Waals surface area contributed by atoms with Gasteiger partial charge >= 0.3 is 34.8 Å². The third-order valence-corrected chi connectivity index (χ3v) is 15.4. The van der Waals surface area contributed by atoms with Gasteiger partial charge in [-0.3, -0.25) is 0 Å². The molecule has 0 aliphatic heterocycles. The second kappa shape index (κ2) is 37.2. The quantitative estimate of drug-likeness (QED) is 0.0150. The maximum atomic E-state index is 12.8. The molecule has 18 heteroatoms. The van der Waals surface area contributed by atoms with Gasteiger partial charge in [0, 0.05) is 72.4 Å². The molecule has 0 spiro atoms. The lowest BCUT2D eigenvalue weighted by atomic mass is 10.1. The average Bonchev–Trinajstić information content (AvgIpc) is 1.19. The molecule has 0 N–H and O–H groups in total. The summed E-state index contributed by atoms with van der Waals surface area (Å²) in [7, 11) is 0. The first-order chi connectivity index (χ1) is 45.6. The summed E-state index contributed by atoms with van der Waals surface area (Å²) in [5, 5.41) is 2.19. The second-order valence-corrected chi connectivity index (χ2v) is 22.7. The van der Waals surface area contributed by atoms with Gasteiger partial charge in [-0.25, -0.2) is 28.8 Å². The van der Waals surface area contributed by atoms with Crippen LogP contribution in [0, 0.1) is 0 Å². The molecular weight excluding hydrogens is 1190 g/mol. The third kappa shape index (κ3) is 23.4. The molecule has 0 fully saturated rings. The lowest BCUT2D eigenvalue weighted by Crippen LogP contribution is -2.27. The molecule has 0 aliphatic rings. The highest BCUT2D eigenvalue weighted by atomic mass is 16.6. The van der Waals surface area contributed by atoms with E-state index in [4.69, 9.17) is 55.9 Å². The first kappa shape index (κ1) is 68.0. The summed E-state index contributed by atoms with van der Waals surface area (Å²) in [4.78, 5) is 73.1. The fourth-order valence-electron chi connectivity index (χ4n) is 10.2. The van der Waals surface area contributed by atoms with Crippen molar-refractivity contribution >= 4 is 50.8 Å². The van der Waals surface area contributed by atoms with Crippen molar-refractivity contribution in [2.45, 2.75) is 122 Å². The van der Waals surface area contributed by atoms with Crippen LogP contribution in [-0.4, -0.2) is 76.9 Å². The first-order valence-corrected chi connectivity index (χ1v) is 32.3. The lowest BCUT2D eigenvalue weighted by Gasteiger charge is -2.18. The van der Waals surface area contributed by atoms with E-state index in [1.807, 2.05) is 0 Å². The molecule has 0 bridgehead atoms. The van der Waals surface area contributed by atoms with Crippen molar-refractivity contribution in [1.82, 2.24) is 0 Å². The maximum absolute atomic E-state index is 12.8. The molecule has 0 amide bonds. The van der Waals surface area contributed by atoms with Gasteiger partial charge in [0.1, 0.15) is 57.4 Å². The number of unbranched alkanes of at least 4 members (excludes halogenated alkanes) is 15. The van der Waals surface area contributed by atoms with Crippen LogP contribution in [0.4, 0.5) is 0 Å². The second-order valence-electron chi connectivity index (χ2n) is 22.7. The third-order valence-electron chi connectivity index (χ3n) is 15.4. The van der Waals surface area contributed by atoms with Crippen molar-refractivity contribution in [3.63, 3.8) is 0 Å². The van der Waals surface area contributed by atoms with E-state index in [-0.39, 0.29) is 23.4 Å². The predicted molar refractivity (Wildman–Crippen MR) is 353 cm³/mol. The van der Waals surface area contributed by atoms with E-state index in [9.17, 15) is 28.8 Å². The zero-order valence-electron chi connectivity index (χ0n) is 52.4. The summed E-state index contributed by atoms with van der Waals surface area (Å²) in [5.74, 6) is 1.32. The Labute approximate surface area is 539 Å². The van der Waals surface area contributed by atoms with Crippen LogP contribution in [0.5, 0.6) is 34.5 Å². The van der Waals surface area contributed by atoms with Crippen molar-refractivity contribution in [2.75, 3.05) is 52.9 Å². The monoisotopic (exact) mass is 1270 g/mol. The van der Waals surface area contributed by atoms with Crippen molar-refractivity contribution < 1.29 is 70.3 Å². The van der Waals surface area contributed by atoms with Gasteiger partial charge in [0.15, 0.2) is 0 Å². The van der Waals surface area contributed by atoms with Gasteiger partial charge in [-0.05, 0) is 166 Å². The van der Waals surface area contributed by atoms with Crippen molar-refractivity contribution in [1.29, 1.82) is 0 Å². The molecule has 0 unspecified atom stereocenters. The maximum Gasteiger partial charge on any atom is 0.343 e. The predicted octanol–water partition coefficient (Wildman–Crippen LogP) is 15.6. The zero-order chi connectivity index (χ0) is 64.7. The molecule has 9 rings (SSSR count). The minimum atomic E-state index is -0.524. The summed E-state index contributed by atoms with van der Waals surface area (Å²) in [6.07, 6.45) is 18.5. The Morgan fingerprint density at radius 1 is 0.290 bits per heavy atom. The Morgan fingerprint density at radius 3 is 0.860 bits per heavy atom. The number of fused-ring (bicyclic) bond motifs is 3. The van der Waals surface area contributed by atoms with Crippen molar-refractivity contribution in [2.24, 2.45) is 0 Å². The molecule has 0 saturated carbocycles. The number of hydrogen-bond donors (Lipinski definition) is 0. The van der Waals surface area contributed by atoms with E-state index in [1.54, 1.807) is 127 Å². The number of rotatable bonds is 41. The highest BCUT2D eigenvalue weighted by Gasteiger charge is 2.15. The molecule has 3 heterocycles. The van der Waals surface area contributed by atoms with Crippen molar-refractivity contribution in [3.05, 3.63) is 212 Å². The molecule has 18 nitrogen and oxygen atoms in total. The Morgan fingerprint density at radius 2 is 0.548 bits per heavy atom. The Bertz CT molecular complexity index is 3790. The molecule has 3 aromatic heterocycles. The molecule has 93 heavy (non-hydrogen) atoms. The summed E-state index contributed by atoms with van der Waals surface area (Å²) < 4.78 is 68.6. The van der Waals surface area contributed by atoms with Gasteiger partial charge in [-0.1, -0.05) is 77.0 Å². The number of hydrogen-bond acceptors (Lipinski definition) is 18.